The van der Waals surface area contributed by atoms with E-state index in [-0.39, 0.29) is 6.04 Å². The molecule has 0 aromatic heterocycles. The van der Waals surface area contributed by atoms with Crippen molar-refractivity contribution in [2.24, 2.45) is 0 Å². The van der Waals surface area contributed by atoms with Gasteiger partial charge in [-0.05, 0) is 39.8 Å². The maximum absolute atomic E-state index is 11.6. The lowest BCUT2D eigenvalue weighted by Crippen LogP contribution is -2.38. The number of hydrogen-bond donors (Lipinski definition) is 2. The molecule has 0 heterocycles. The molecule has 1 aromatic rings. The van der Waals surface area contributed by atoms with Crippen LogP contribution in [0.1, 0.15) is 27.7 Å². The summed E-state index contributed by atoms with van der Waals surface area (Å²) in [5.41, 5.74) is 0.263. The molecule has 2 N–H and O–H groups in total. The highest BCUT2D eigenvalue weighted by molar-refractivity contribution is 7.99. The van der Waals surface area contributed by atoms with E-state index in [0.29, 0.717) is 12.2 Å². The first-order valence-corrected chi connectivity index (χ1v) is 7.72. The molecule has 1 aromatic carbocycles. The highest BCUT2D eigenvalue weighted by Crippen LogP contribution is 2.27. The summed E-state index contributed by atoms with van der Waals surface area (Å²) in [5.74, 6) is 0.677. The third-order valence-electron chi connectivity index (χ3n) is 2.35. The fourth-order valence-corrected chi connectivity index (χ4v) is 2.51. The molecule has 6 heteroatoms. The van der Waals surface area contributed by atoms with E-state index in [9.17, 15) is 9.59 Å². The van der Waals surface area contributed by atoms with Crippen LogP contribution in [0.3, 0.4) is 0 Å². The number of benzene rings is 1. The van der Waals surface area contributed by atoms with E-state index in [2.05, 4.69) is 10.6 Å². The smallest absolute Gasteiger partial charge is 0.407 e. The van der Waals surface area contributed by atoms with Gasteiger partial charge >= 0.3 is 6.09 Å². The Morgan fingerprint density at radius 2 is 2.05 bits per heavy atom. The second-order valence-electron chi connectivity index (χ2n) is 5.62. The van der Waals surface area contributed by atoms with Gasteiger partial charge < -0.3 is 15.4 Å². The number of rotatable bonds is 6. The molecule has 0 aliphatic heterocycles. The Morgan fingerprint density at radius 1 is 1.38 bits per heavy atom. The second kappa shape index (κ2) is 7.93. The van der Waals surface area contributed by atoms with Crippen molar-refractivity contribution < 1.29 is 14.3 Å². The van der Waals surface area contributed by atoms with Crippen LogP contribution < -0.4 is 10.6 Å². The predicted molar refractivity (Wildman–Crippen MR) is 85.7 cm³/mol. The SMILES string of the molecule is C[C@H](CSc1ccccc1NC=O)NC(=O)OC(C)(C)C. The van der Waals surface area contributed by atoms with E-state index in [1.165, 1.54) is 0 Å². The zero-order valence-corrected chi connectivity index (χ0v) is 13.6. The lowest BCUT2D eigenvalue weighted by atomic mass is 10.2. The molecule has 5 nitrogen and oxygen atoms in total. The molecule has 0 fully saturated rings. The molecule has 0 radical (unpaired) electrons. The van der Waals surface area contributed by atoms with Gasteiger partial charge in [-0.15, -0.1) is 11.8 Å². The maximum Gasteiger partial charge on any atom is 0.407 e. The molecule has 0 aliphatic rings. The Morgan fingerprint density at radius 3 is 2.67 bits per heavy atom. The van der Waals surface area contributed by atoms with Crippen molar-refractivity contribution in [2.45, 2.75) is 44.2 Å². The zero-order valence-electron chi connectivity index (χ0n) is 12.8. The Labute approximate surface area is 129 Å². The number of hydrogen-bond acceptors (Lipinski definition) is 4. The molecular formula is C15H22N2O3S. The summed E-state index contributed by atoms with van der Waals surface area (Å²) < 4.78 is 5.20. The summed E-state index contributed by atoms with van der Waals surface area (Å²) in [6, 6.07) is 7.48. The number of carbonyl (C=O) groups is 2. The van der Waals surface area contributed by atoms with E-state index in [1.807, 2.05) is 52.0 Å². The average molecular weight is 310 g/mol. The van der Waals surface area contributed by atoms with Crippen LogP contribution in [0, 0.1) is 0 Å². The first kappa shape index (κ1) is 17.4. The van der Waals surface area contributed by atoms with Crippen molar-refractivity contribution >= 4 is 30.0 Å². The number of anilines is 1. The summed E-state index contributed by atoms with van der Waals surface area (Å²) in [5, 5.41) is 5.44. The van der Waals surface area contributed by atoms with E-state index >= 15 is 0 Å². The molecule has 0 saturated carbocycles. The molecular weight excluding hydrogens is 288 g/mol. The molecule has 2 amide bonds. The highest BCUT2D eigenvalue weighted by atomic mass is 32.2. The van der Waals surface area contributed by atoms with Gasteiger partial charge in [-0.25, -0.2) is 4.79 Å². The van der Waals surface area contributed by atoms with Crippen molar-refractivity contribution in [3.63, 3.8) is 0 Å². The Bertz CT molecular complexity index is 486. The topological polar surface area (TPSA) is 67.4 Å². The third kappa shape index (κ3) is 7.04. The van der Waals surface area contributed by atoms with Gasteiger partial charge in [-0.3, -0.25) is 4.79 Å². The number of alkyl carbamates (subject to hydrolysis) is 1. The fraction of sp³-hybridized carbons (Fsp3) is 0.467. The number of thioether (sulfide) groups is 1. The van der Waals surface area contributed by atoms with Gasteiger partial charge in [-0.2, -0.15) is 0 Å². The molecule has 0 spiro atoms. The van der Waals surface area contributed by atoms with Crippen molar-refractivity contribution in [3.8, 4) is 0 Å². The normalized spacial score (nSPS) is 12.4. The van der Waals surface area contributed by atoms with Crippen LogP contribution >= 0.6 is 11.8 Å². The number of para-hydroxylation sites is 1. The number of amides is 2. The Balaban J connectivity index is 2.48. The lowest BCUT2D eigenvalue weighted by Gasteiger charge is -2.22. The minimum Gasteiger partial charge on any atom is -0.444 e. The molecule has 0 unspecified atom stereocenters. The number of ether oxygens (including phenoxy) is 1. The van der Waals surface area contributed by atoms with Crippen molar-refractivity contribution in [1.82, 2.24) is 5.32 Å². The van der Waals surface area contributed by atoms with Crippen LogP contribution in [0.5, 0.6) is 0 Å². The van der Waals surface area contributed by atoms with Crippen molar-refractivity contribution in [2.75, 3.05) is 11.1 Å². The molecule has 21 heavy (non-hydrogen) atoms. The lowest BCUT2D eigenvalue weighted by molar-refractivity contribution is -0.105. The Hall–Kier alpha value is -1.69. The predicted octanol–water partition coefficient (Wildman–Crippen LogP) is 3.26. The van der Waals surface area contributed by atoms with Crippen molar-refractivity contribution in [3.05, 3.63) is 24.3 Å². The summed E-state index contributed by atoms with van der Waals surface area (Å²) >= 11 is 1.56. The first-order valence-electron chi connectivity index (χ1n) is 6.73. The van der Waals surface area contributed by atoms with Gasteiger partial charge in [0, 0.05) is 16.7 Å². The van der Waals surface area contributed by atoms with Crippen LogP contribution in [0.2, 0.25) is 0 Å². The second-order valence-corrected chi connectivity index (χ2v) is 6.68. The minimum atomic E-state index is -0.503. The number of nitrogens with one attached hydrogen (secondary N) is 2. The third-order valence-corrected chi connectivity index (χ3v) is 3.69. The van der Waals surface area contributed by atoms with Gasteiger partial charge in [0.2, 0.25) is 6.41 Å². The van der Waals surface area contributed by atoms with Gasteiger partial charge in [0.1, 0.15) is 5.60 Å². The van der Waals surface area contributed by atoms with Gasteiger partial charge in [-0.1, -0.05) is 12.1 Å². The minimum absolute atomic E-state index is 0.0471. The quantitative estimate of drug-likeness (QED) is 0.625. The van der Waals surface area contributed by atoms with Gasteiger partial charge in [0.05, 0.1) is 5.69 Å². The summed E-state index contributed by atoms with van der Waals surface area (Å²) in [4.78, 5) is 23.2. The fourth-order valence-electron chi connectivity index (χ4n) is 1.54. The van der Waals surface area contributed by atoms with Gasteiger partial charge in [0.15, 0.2) is 0 Å². The maximum atomic E-state index is 11.6. The monoisotopic (exact) mass is 310 g/mol. The van der Waals surface area contributed by atoms with Gasteiger partial charge in [0.25, 0.3) is 0 Å². The molecule has 1 atom stereocenters. The molecule has 0 aliphatic carbocycles. The van der Waals surface area contributed by atoms with E-state index in [4.69, 9.17) is 4.74 Å². The number of carbonyl (C=O) groups excluding carboxylic acids is 2. The summed E-state index contributed by atoms with van der Waals surface area (Å²) in [6.07, 6.45) is 0.233. The van der Waals surface area contributed by atoms with E-state index < -0.39 is 11.7 Å². The highest BCUT2D eigenvalue weighted by Gasteiger charge is 2.17. The summed E-state index contributed by atoms with van der Waals surface area (Å²) in [6.45, 7) is 7.39. The van der Waals surface area contributed by atoms with Crippen LogP contribution in [0.15, 0.2) is 29.2 Å². The zero-order chi connectivity index (χ0) is 15.9. The average Bonchev–Trinajstić information content (AvgIpc) is 2.35. The standard InChI is InChI=1S/C15H22N2O3S/c1-11(17-14(19)20-15(2,3)4)9-21-13-8-6-5-7-12(13)16-10-18/h5-8,10-11H,9H2,1-4H3,(H,16,18)(H,17,19)/t11-/m1/s1. The molecule has 0 saturated heterocycles. The largest absolute Gasteiger partial charge is 0.444 e. The van der Waals surface area contributed by atoms with Crippen LogP contribution in [0.4, 0.5) is 10.5 Å². The van der Waals surface area contributed by atoms with Crippen LogP contribution in [-0.2, 0) is 9.53 Å². The van der Waals surface area contributed by atoms with Crippen LogP contribution in [0.25, 0.3) is 0 Å². The summed E-state index contributed by atoms with van der Waals surface area (Å²) in [7, 11) is 0. The molecule has 116 valence electrons. The van der Waals surface area contributed by atoms with E-state index in [0.717, 1.165) is 10.6 Å². The van der Waals surface area contributed by atoms with Crippen LogP contribution in [-0.4, -0.2) is 29.9 Å². The van der Waals surface area contributed by atoms with Crippen molar-refractivity contribution in [1.29, 1.82) is 0 Å². The molecule has 1 rings (SSSR count). The molecule has 0 bridgehead atoms. The Kier molecular flexibility index (Phi) is 6.55. The first-order chi connectivity index (χ1) is 9.81. The van der Waals surface area contributed by atoms with E-state index in [1.54, 1.807) is 11.8 Å².